The van der Waals surface area contributed by atoms with Crippen LogP contribution >= 0.6 is 24.0 Å². The summed E-state index contributed by atoms with van der Waals surface area (Å²) in [6.45, 7) is 0.495. The Kier molecular flexibility index (Phi) is 5.76. The Morgan fingerprint density at radius 2 is 1.89 bits per heavy atom. The van der Waals surface area contributed by atoms with E-state index >= 15 is 0 Å². The third-order valence-electron chi connectivity index (χ3n) is 4.56. The molecule has 2 aromatic carbocycles. The van der Waals surface area contributed by atoms with Crippen LogP contribution in [0.25, 0.3) is 0 Å². The number of esters is 1. The molecule has 0 saturated carbocycles. The third kappa shape index (κ3) is 3.96. The van der Waals surface area contributed by atoms with E-state index in [1.54, 1.807) is 12.1 Å². The lowest BCUT2D eigenvalue weighted by Gasteiger charge is -2.36. The molecule has 1 saturated heterocycles. The zero-order valence-electron chi connectivity index (χ0n) is 14.7. The van der Waals surface area contributed by atoms with Gasteiger partial charge in [0.1, 0.15) is 4.32 Å². The normalized spacial score (nSPS) is 19.1. The first-order valence-corrected chi connectivity index (χ1v) is 9.66. The summed E-state index contributed by atoms with van der Waals surface area (Å²) in [5, 5.41) is 10.9. The molecule has 0 bridgehead atoms. The summed E-state index contributed by atoms with van der Waals surface area (Å²) in [5.74, 6) is 0.117. The molecule has 0 radical (unpaired) electrons. The van der Waals surface area contributed by atoms with Gasteiger partial charge in [-0.2, -0.15) is 0 Å². The Morgan fingerprint density at radius 3 is 2.48 bits per heavy atom. The SMILES string of the molecule is COC(=O)C1(Cc2ccc([N+](=O)[O-])cc2)CSC(=S)N1Cc1ccccc1. The topological polar surface area (TPSA) is 72.7 Å². The van der Waals surface area contributed by atoms with Crippen LogP contribution in [0.3, 0.4) is 0 Å². The number of nitro benzene ring substituents is 1. The minimum atomic E-state index is -0.942. The van der Waals surface area contributed by atoms with Crippen LogP contribution < -0.4 is 0 Å². The van der Waals surface area contributed by atoms with Gasteiger partial charge in [0, 0.05) is 30.9 Å². The van der Waals surface area contributed by atoms with Crippen LogP contribution in [0.5, 0.6) is 0 Å². The Bertz CT molecular complexity index is 858. The molecule has 2 aromatic rings. The molecule has 1 aliphatic heterocycles. The van der Waals surface area contributed by atoms with Crippen molar-refractivity contribution in [2.75, 3.05) is 12.9 Å². The molecule has 0 aliphatic carbocycles. The predicted molar refractivity (Wildman–Crippen MR) is 109 cm³/mol. The van der Waals surface area contributed by atoms with Crippen LogP contribution in [0.4, 0.5) is 5.69 Å². The van der Waals surface area contributed by atoms with Crippen molar-refractivity contribution < 1.29 is 14.5 Å². The fourth-order valence-corrected chi connectivity index (χ4v) is 4.69. The van der Waals surface area contributed by atoms with Gasteiger partial charge in [0.15, 0.2) is 5.54 Å². The van der Waals surface area contributed by atoms with Gasteiger partial charge >= 0.3 is 5.97 Å². The van der Waals surface area contributed by atoms with Crippen molar-refractivity contribution in [3.05, 3.63) is 75.8 Å². The molecule has 1 fully saturated rings. The Morgan fingerprint density at radius 1 is 1.22 bits per heavy atom. The number of methoxy groups -OCH3 is 1. The molecule has 6 nitrogen and oxygen atoms in total. The van der Waals surface area contributed by atoms with Gasteiger partial charge in [-0.15, -0.1) is 0 Å². The second-order valence-electron chi connectivity index (χ2n) is 6.25. The van der Waals surface area contributed by atoms with E-state index in [1.807, 2.05) is 35.2 Å². The molecule has 140 valence electrons. The first-order valence-electron chi connectivity index (χ1n) is 8.26. The highest BCUT2D eigenvalue weighted by Gasteiger charge is 2.51. The van der Waals surface area contributed by atoms with Crippen molar-refractivity contribution in [2.24, 2.45) is 0 Å². The van der Waals surface area contributed by atoms with Gasteiger partial charge in [-0.1, -0.05) is 66.4 Å². The van der Waals surface area contributed by atoms with Gasteiger partial charge in [-0.05, 0) is 11.1 Å². The number of hydrogen-bond acceptors (Lipinski definition) is 6. The number of nitrogens with zero attached hydrogens (tertiary/aromatic N) is 2. The van der Waals surface area contributed by atoms with Crippen LogP contribution in [0, 0.1) is 10.1 Å². The van der Waals surface area contributed by atoms with E-state index in [2.05, 4.69) is 0 Å². The summed E-state index contributed by atoms with van der Waals surface area (Å²) >= 11 is 6.97. The molecular weight excluding hydrogens is 384 g/mol. The maximum atomic E-state index is 12.8. The molecule has 0 spiro atoms. The van der Waals surface area contributed by atoms with Gasteiger partial charge in [0.25, 0.3) is 5.69 Å². The average Bonchev–Trinajstić information content (AvgIpc) is 2.99. The molecule has 0 amide bonds. The van der Waals surface area contributed by atoms with E-state index in [0.717, 1.165) is 11.1 Å². The third-order valence-corrected chi connectivity index (χ3v) is 6.23. The molecule has 1 aliphatic rings. The van der Waals surface area contributed by atoms with E-state index < -0.39 is 10.5 Å². The van der Waals surface area contributed by atoms with Crippen LogP contribution in [-0.2, 0) is 22.5 Å². The van der Waals surface area contributed by atoms with Gasteiger partial charge in [0.2, 0.25) is 0 Å². The molecular formula is C19H18N2O4S2. The summed E-state index contributed by atoms with van der Waals surface area (Å²) in [5.41, 5.74) is 0.930. The lowest BCUT2D eigenvalue weighted by atomic mass is 9.90. The van der Waals surface area contributed by atoms with Crippen molar-refractivity contribution in [1.82, 2.24) is 4.90 Å². The zero-order chi connectivity index (χ0) is 19.4. The monoisotopic (exact) mass is 402 g/mol. The fourth-order valence-electron chi connectivity index (χ4n) is 3.14. The largest absolute Gasteiger partial charge is 0.467 e. The first kappa shape index (κ1) is 19.3. The highest BCUT2D eigenvalue weighted by atomic mass is 32.2. The smallest absolute Gasteiger partial charge is 0.332 e. The predicted octanol–water partition coefficient (Wildman–Crippen LogP) is 3.58. The van der Waals surface area contributed by atoms with Crippen LogP contribution in [-0.4, -0.2) is 38.5 Å². The van der Waals surface area contributed by atoms with Gasteiger partial charge < -0.3 is 9.64 Å². The zero-order valence-corrected chi connectivity index (χ0v) is 16.3. The molecule has 1 heterocycles. The minimum absolute atomic E-state index is 0.0170. The number of hydrogen-bond donors (Lipinski definition) is 0. The average molecular weight is 402 g/mol. The Labute approximate surface area is 166 Å². The number of ether oxygens (including phenoxy) is 1. The number of thiocarbonyl (C=S) groups is 1. The van der Waals surface area contributed by atoms with E-state index in [0.29, 0.717) is 23.0 Å². The van der Waals surface area contributed by atoms with Crippen molar-refractivity contribution in [2.45, 2.75) is 18.5 Å². The number of rotatable bonds is 6. The van der Waals surface area contributed by atoms with Crippen molar-refractivity contribution in [3.8, 4) is 0 Å². The summed E-state index contributed by atoms with van der Waals surface area (Å²) in [6, 6.07) is 16.0. The molecule has 3 rings (SSSR count). The second-order valence-corrected chi connectivity index (χ2v) is 7.86. The van der Waals surface area contributed by atoms with Crippen LogP contribution in [0.15, 0.2) is 54.6 Å². The molecule has 0 aromatic heterocycles. The van der Waals surface area contributed by atoms with Crippen molar-refractivity contribution >= 4 is 40.0 Å². The standard InChI is InChI=1S/C19H18N2O4S2/c1-25-17(22)19(11-14-7-9-16(10-8-14)21(23)24)13-27-18(26)20(19)12-15-5-3-2-4-6-15/h2-10H,11-13H2,1H3. The number of nitro groups is 1. The van der Waals surface area contributed by atoms with E-state index in [-0.39, 0.29) is 11.7 Å². The minimum Gasteiger partial charge on any atom is -0.467 e. The molecule has 1 unspecified atom stereocenters. The van der Waals surface area contributed by atoms with Crippen molar-refractivity contribution in [3.63, 3.8) is 0 Å². The lowest BCUT2D eigenvalue weighted by Crippen LogP contribution is -2.55. The summed E-state index contributed by atoms with van der Waals surface area (Å²) in [7, 11) is 1.37. The van der Waals surface area contributed by atoms with Crippen LogP contribution in [0.1, 0.15) is 11.1 Å². The highest BCUT2D eigenvalue weighted by Crippen LogP contribution is 2.38. The number of thioether (sulfide) groups is 1. The first-order chi connectivity index (χ1) is 13.0. The molecule has 0 N–H and O–H groups in total. The molecule has 1 atom stereocenters. The fraction of sp³-hybridized carbons (Fsp3) is 0.263. The molecule has 27 heavy (non-hydrogen) atoms. The Balaban J connectivity index is 1.94. The van der Waals surface area contributed by atoms with E-state index in [1.165, 1.54) is 31.0 Å². The van der Waals surface area contributed by atoms with E-state index in [9.17, 15) is 14.9 Å². The second kappa shape index (κ2) is 8.06. The quantitative estimate of drug-likeness (QED) is 0.316. The number of carbonyl (C=O) groups excluding carboxylic acids is 1. The van der Waals surface area contributed by atoms with Gasteiger partial charge in [-0.25, -0.2) is 4.79 Å². The highest BCUT2D eigenvalue weighted by molar-refractivity contribution is 8.23. The van der Waals surface area contributed by atoms with Crippen LogP contribution in [0.2, 0.25) is 0 Å². The van der Waals surface area contributed by atoms with Gasteiger partial charge in [0.05, 0.1) is 12.0 Å². The molecule has 8 heteroatoms. The number of benzene rings is 2. The lowest BCUT2D eigenvalue weighted by molar-refractivity contribution is -0.384. The summed E-state index contributed by atoms with van der Waals surface area (Å²) < 4.78 is 5.77. The van der Waals surface area contributed by atoms with E-state index in [4.69, 9.17) is 17.0 Å². The van der Waals surface area contributed by atoms with Crippen molar-refractivity contribution in [1.29, 1.82) is 0 Å². The number of non-ortho nitro benzene ring substituents is 1. The summed E-state index contributed by atoms with van der Waals surface area (Å²) in [6.07, 6.45) is 0.359. The number of carbonyl (C=O) groups is 1. The maximum Gasteiger partial charge on any atom is 0.332 e. The Hall–Kier alpha value is -2.45. The maximum absolute atomic E-state index is 12.8. The summed E-state index contributed by atoms with van der Waals surface area (Å²) in [4.78, 5) is 25.2. The van der Waals surface area contributed by atoms with Gasteiger partial charge in [-0.3, -0.25) is 10.1 Å².